The molecule has 3 aromatic rings. The van der Waals surface area contributed by atoms with Crippen molar-refractivity contribution in [1.82, 2.24) is 9.88 Å². The summed E-state index contributed by atoms with van der Waals surface area (Å²) in [6, 6.07) is 16.7. The highest BCUT2D eigenvalue weighted by molar-refractivity contribution is 7.16. The van der Waals surface area contributed by atoms with Crippen LogP contribution < -0.4 is 5.32 Å². The predicted molar refractivity (Wildman–Crippen MR) is 104 cm³/mol. The zero-order valence-corrected chi connectivity index (χ0v) is 15.6. The van der Waals surface area contributed by atoms with Gasteiger partial charge in [0.15, 0.2) is 5.13 Å². The van der Waals surface area contributed by atoms with Crippen LogP contribution in [0, 0.1) is 0 Å². The van der Waals surface area contributed by atoms with Crippen molar-refractivity contribution in [3.63, 3.8) is 0 Å². The summed E-state index contributed by atoms with van der Waals surface area (Å²) in [6.07, 6.45) is 0. The third kappa shape index (κ3) is 4.45. The molecule has 0 unspecified atom stereocenters. The molecule has 1 heterocycles. The Bertz CT molecular complexity index is 860. The minimum atomic E-state index is -0.159. The molecule has 2 aromatic carbocycles. The molecule has 0 bridgehead atoms. The zero-order chi connectivity index (χ0) is 17.8. The molecule has 0 saturated carbocycles. The molecule has 0 radical (unpaired) electrons. The van der Waals surface area contributed by atoms with Crippen molar-refractivity contribution in [2.75, 3.05) is 19.4 Å². The Labute approximate surface area is 156 Å². The van der Waals surface area contributed by atoms with E-state index >= 15 is 0 Å². The van der Waals surface area contributed by atoms with Crippen LogP contribution in [0.25, 0.3) is 11.3 Å². The fourth-order valence-corrected chi connectivity index (χ4v) is 3.61. The summed E-state index contributed by atoms with van der Waals surface area (Å²) in [6.45, 7) is 0.747. The van der Waals surface area contributed by atoms with Gasteiger partial charge in [-0.1, -0.05) is 53.3 Å². The van der Waals surface area contributed by atoms with Crippen molar-refractivity contribution in [2.24, 2.45) is 0 Å². The van der Waals surface area contributed by atoms with Gasteiger partial charge in [0.1, 0.15) is 0 Å². The molecule has 3 rings (SSSR count). The number of carbonyl (C=O) groups excluding carboxylic acids is 1. The van der Waals surface area contributed by atoms with Crippen molar-refractivity contribution < 1.29 is 4.79 Å². The van der Waals surface area contributed by atoms with Crippen LogP contribution in [0.4, 0.5) is 5.13 Å². The number of aromatic nitrogens is 1. The number of rotatable bonds is 5. The van der Waals surface area contributed by atoms with Gasteiger partial charge in [-0.25, -0.2) is 4.98 Å². The molecule has 0 atom stereocenters. The van der Waals surface area contributed by atoms with Gasteiger partial charge in [-0.05, 0) is 38.4 Å². The second-order valence-corrected chi connectivity index (χ2v) is 7.38. The number of anilines is 1. The summed E-state index contributed by atoms with van der Waals surface area (Å²) in [5, 5.41) is 4.18. The lowest BCUT2D eigenvalue weighted by Crippen LogP contribution is -2.11. The molecule has 1 amide bonds. The van der Waals surface area contributed by atoms with Gasteiger partial charge in [-0.2, -0.15) is 0 Å². The smallest absolute Gasteiger partial charge is 0.257 e. The second kappa shape index (κ2) is 7.78. The summed E-state index contributed by atoms with van der Waals surface area (Å²) in [7, 11) is 4.02. The first-order valence-corrected chi connectivity index (χ1v) is 8.99. The second-order valence-electron chi connectivity index (χ2n) is 5.86. The van der Waals surface area contributed by atoms with Crippen LogP contribution in [0.3, 0.4) is 0 Å². The van der Waals surface area contributed by atoms with Gasteiger partial charge in [0.2, 0.25) is 0 Å². The highest BCUT2D eigenvalue weighted by Crippen LogP contribution is 2.32. The Morgan fingerprint density at radius 1 is 1.12 bits per heavy atom. The predicted octanol–water partition coefficient (Wildman–Crippen LogP) is 4.78. The van der Waals surface area contributed by atoms with E-state index in [9.17, 15) is 4.79 Å². The highest BCUT2D eigenvalue weighted by atomic mass is 35.5. The maximum absolute atomic E-state index is 12.4. The Balaban J connectivity index is 1.90. The molecule has 0 fully saturated rings. The minimum absolute atomic E-state index is 0.159. The van der Waals surface area contributed by atoms with Gasteiger partial charge in [-0.3, -0.25) is 10.1 Å². The number of nitrogens with zero attached hydrogens (tertiary/aromatic N) is 2. The number of hydrogen-bond donors (Lipinski definition) is 1. The normalized spacial score (nSPS) is 10.9. The Hall–Kier alpha value is -2.21. The van der Waals surface area contributed by atoms with Crippen LogP contribution in [-0.4, -0.2) is 29.9 Å². The van der Waals surface area contributed by atoms with Crippen LogP contribution >= 0.6 is 22.9 Å². The quantitative estimate of drug-likeness (QED) is 0.702. The van der Waals surface area contributed by atoms with Crippen LogP contribution in [-0.2, 0) is 6.54 Å². The van der Waals surface area contributed by atoms with E-state index < -0.39 is 0 Å². The molecule has 0 saturated heterocycles. The van der Waals surface area contributed by atoms with E-state index in [2.05, 4.69) is 15.2 Å². The van der Waals surface area contributed by atoms with Crippen molar-refractivity contribution in [3.05, 3.63) is 70.1 Å². The Morgan fingerprint density at radius 3 is 2.44 bits per heavy atom. The lowest BCUT2D eigenvalue weighted by Gasteiger charge is -2.08. The standard InChI is InChI=1S/C19H18ClN3OS/c1-23(2)12-16-17(13-8-10-15(20)11-9-13)21-19(25-16)22-18(24)14-6-4-3-5-7-14/h3-11H,12H2,1-2H3,(H,21,22,24). The molecule has 128 valence electrons. The number of benzene rings is 2. The summed E-state index contributed by atoms with van der Waals surface area (Å²) >= 11 is 7.47. The van der Waals surface area contributed by atoms with Gasteiger partial charge >= 0.3 is 0 Å². The van der Waals surface area contributed by atoms with Crippen LogP contribution in [0.5, 0.6) is 0 Å². The van der Waals surface area contributed by atoms with Gasteiger partial charge in [0, 0.05) is 27.6 Å². The van der Waals surface area contributed by atoms with Gasteiger partial charge < -0.3 is 4.90 Å². The number of hydrogen-bond acceptors (Lipinski definition) is 4. The molecular formula is C19H18ClN3OS. The van der Waals surface area contributed by atoms with E-state index in [-0.39, 0.29) is 5.91 Å². The van der Waals surface area contributed by atoms with Gasteiger partial charge in [0.05, 0.1) is 5.69 Å². The molecule has 25 heavy (non-hydrogen) atoms. The number of halogens is 1. The minimum Gasteiger partial charge on any atom is -0.304 e. The Kier molecular flexibility index (Phi) is 5.48. The van der Waals surface area contributed by atoms with Crippen molar-refractivity contribution in [1.29, 1.82) is 0 Å². The SMILES string of the molecule is CN(C)Cc1sc(NC(=O)c2ccccc2)nc1-c1ccc(Cl)cc1. The van der Waals surface area contributed by atoms with E-state index in [1.807, 2.05) is 56.6 Å². The highest BCUT2D eigenvalue weighted by Gasteiger charge is 2.16. The Morgan fingerprint density at radius 2 is 1.80 bits per heavy atom. The summed E-state index contributed by atoms with van der Waals surface area (Å²) in [4.78, 5) is 20.2. The van der Waals surface area contributed by atoms with E-state index in [0.29, 0.717) is 15.7 Å². The molecular weight excluding hydrogens is 354 g/mol. The van der Waals surface area contributed by atoms with Gasteiger partial charge in [-0.15, -0.1) is 0 Å². The zero-order valence-electron chi connectivity index (χ0n) is 14.0. The fraction of sp³-hybridized carbons (Fsp3) is 0.158. The monoisotopic (exact) mass is 371 g/mol. The largest absolute Gasteiger partial charge is 0.304 e. The van der Waals surface area contributed by atoms with E-state index in [1.54, 1.807) is 12.1 Å². The lowest BCUT2D eigenvalue weighted by molar-refractivity contribution is 0.102. The van der Waals surface area contributed by atoms with Crippen LogP contribution in [0.15, 0.2) is 54.6 Å². The maximum atomic E-state index is 12.4. The summed E-state index contributed by atoms with van der Waals surface area (Å²) in [5.74, 6) is -0.159. The van der Waals surface area contributed by atoms with Crippen molar-refractivity contribution in [3.8, 4) is 11.3 Å². The van der Waals surface area contributed by atoms with E-state index in [0.717, 1.165) is 22.7 Å². The fourth-order valence-electron chi connectivity index (χ4n) is 2.39. The van der Waals surface area contributed by atoms with Crippen molar-refractivity contribution >= 4 is 34.0 Å². The first-order chi connectivity index (χ1) is 12.0. The lowest BCUT2D eigenvalue weighted by atomic mass is 10.1. The molecule has 6 heteroatoms. The number of nitrogens with one attached hydrogen (secondary N) is 1. The average molecular weight is 372 g/mol. The molecule has 1 N–H and O–H groups in total. The van der Waals surface area contributed by atoms with E-state index in [4.69, 9.17) is 11.6 Å². The first-order valence-electron chi connectivity index (χ1n) is 7.79. The van der Waals surface area contributed by atoms with Crippen LogP contribution in [0.1, 0.15) is 15.2 Å². The number of amides is 1. The molecule has 0 aliphatic rings. The summed E-state index contributed by atoms with van der Waals surface area (Å²) in [5.41, 5.74) is 2.47. The molecule has 0 aliphatic heterocycles. The van der Waals surface area contributed by atoms with Crippen molar-refractivity contribution in [2.45, 2.75) is 6.54 Å². The molecule has 4 nitrogen and oxygen atoms in total. The molecule has 1 aromatic heterocycles. The number of carbonyl (C=O) groups is 1. The van der Waals surface area contributed by atoms with Gasteiger partial charge in [0.25, 0.3) is 5.91 Å². The number of thiazole rings is 1. The van der Waals surface area contributed by atoms with E-state index in [1.165, 1.54) is 11.3 Å². The average Bonchev–Trinajstić information content (AvgIpc) is 2.98. The maximum Gasteiger partial charge on any atom is 0.257 e. The summed E-state index contributed by atoms with van der Waals surface area (Å²) < 4.78 is 0. The molecule has 0 spiro atoms. The first kappa shape index (κ1) is 17.6. The molecule has 0 aliphatic carbocycles. The third-order valence-electron chi connectivity index (χ3n) is 3.53. The third-order valence-corrected chi connectivity index (χ3v) is 4.74. The van der Waals surface area contributed by atoms with Crippen LogP contribution in [0.2, 0.25) is 5.02 Å². The topological polar surface area (TPSA) is 45.2 Å².